The number of hydrogen-bond acceptors (Lipinski definition) is 0. The third-order valence-electron chi connectivity index (χ3n) is 9.04. The minimum absolute atomic E-state index is 0.898. The van der Waals surface area contributed by atoms with E-state index in [4.69, 9.17) is 0 Å². The van der Waals surface area contributed by atoms with Crippen LogP contribution in [0.4, 0.5) is 0 Å². The van der Waals surface area contributed by atoms with Gasteiger partial charge in [-0.2, -0.15) is 0 Å². The molecule has 0 nitrogen and oxygen atoms in total. The first-order chi connectivity index (χ1) is 24.1. The monoisotopic (exact) mass is 727 g/mol. The SMILES string of the molecule is CCCC(C)C.CCCCC(C)C.CCCCCC(C)C.CCCCCCC(C)C.CCCCCCCC(C)C.CCCCCCCCC(C)C. The number of hydrogen-bond donors (Lipinski definition) is 0. The van der Waals surface area contributed by atoms with Gasteiger partial charge in [0.2, 0.25) is 0 Å². The minimum Gasteiger partial charge on any atom is -0.0654 e. The van der Waals surface area contributed by atoms with Crippen LogP contribution in [0, 0.1) is 35.5 Å². The van der Waals surface area contributed by atoms with Crippen molar-refractivity contribution in [2.75, 3.05) is 0 Å². The van der Waals surface area contributed by atoms with Crippen LogP contribution in [0.15, 0.2) is 0 Å². The molecule has 0 atom stereocenters. The van der Waals surface area contributed by atoms with Crippen LogP contribution in [0.3, 0.4) is 0 Å². The van der Waals surface area contributed by atoms with Crippen LogP contribution in [0.1, 0.15) is 298 Å². The van der Waals surface area contributed by atoms with Crippen LogP contribution < -0.4 is 0 Å². The highest BCUT2D eigenvalue weighted by molar-refractivity contribution is 4.49. The van der Waals surface area contributed by atoms with E-state index in [1.54, 1.807) is 0 Å². The highest BCUT2D eigenvalue weighted by Crippen LogP contribution is 2.12. The molecule has 0 aliphatic heterocycles. The van der Waals surface area contributed by atoms with E-state index in [2.05, 4.69) is 125 Å². The zero-order chi connectivity index (χ0) is 40.6. The Kier molecular flexibility index (Phi) is 73.2. The van der Waals surface area contributed by atoms with Gasteiger partial charge < -0.3 is 0 Å². The first-order valence-corrected chi connectivity index (χ1v) is 24.1. The zero-order valence-electron chi connectivity index (χ0n) is 40.6. The Hall–Kier alpha value is 0. The number of rotatable bonds is 27. The Morgan fingerprint density at radius 2 is 0.353 bits per heavy atom. The Morgan fingerprint density at radius 3 is 0.549 bits per heavy atom. The second-order valence-electron chi connectivity index (χ2n) is 18.4. The summed E-state index contributed by atoms with van der Waals surface area (Å²) in [5.41, 5.74) is 0. The van der Waals surface area contributed by atoms with Crippen LogP contribution in [0.25, 0.3) is 0 Å². The summed E-state index contributed by atoms with van der Waals surface area (Å²) >= 11 is 0. The standard InChI is InChI=1S/C11H24.C10H22.C9H20.C8H18.C7H16.C6H14/c1-4-5-6-7-8-9-10-11(2)3;1-4-5-6-7-8-9-10(2)3;1-4-5-6-7-8-9(2)3;1-4-5-6-7-8(2)3;1-4-5-6-7(2)3;1-4-5-6(2)3/h11H,4-10H2,1-3H3;10H,4-9H2,1-3H3;9H,4-8H2,1-3H3;8H,4-7H2,1-3H3;7H,4-6H2,1-3H3;6H,4-5H2,1-3H3. The maximum Gasteiger partial charge on any atom is -0.0471 e. The summed E-state index contributed by atoms with van der Waals surface area (Å²) in [6.07, 6.45) is 38.1. The predicted octanol–water partition coefficient (Wildman–Crippen LogP) is 20.5. The summed E-state index contributed by atoms with van der Waals surface area (Å²) in [7, 11) is 0. The van der Waals surface area contributed by atoms with Gasteiger partial charge in [-0.15, -0.1) is 0 Å². The fourth-order valence-electron chi connectivity index (χ4n) is 5.46. The predicted molar refractivity (Wildman–Crippen MR) is 248 cm³/mol. The highest BCUT2D eigenvalue weighted by atomic mass is 14.0. The van der Waals surface area contributed by atoms with Crippen LogP contribution in [0.2, 0.25) is 0 Å². The van der Waals surface area contributed by atoms with E-state index >= 15 is 0 Å². The zero-order valence-corrected chi connectivity index (χ0v) is 40.6. The van der Waals surface area contributed by atoms with Gasteiger partial charge in [0, 0.05) is 0 Å². The third kappa shape index (κ3) is 106. The molecule has 51 heavy (non-hydrogen) atoms. The van der Waals surface area contributed by atoms with Crippen LogP contribution in [-0.2, 0) is 0 Å². The molecule has 0 aliphatic carbocycles. The molecule has 0 saturated carbocycles. The number of unbranched alkanes of at least 4 members (excludes halogenated alkanes) is 15. The van der Waals surface area contributed by atoms with Crippen molar-refractivity contribution in [3.05, 3.63) is 0 Å². The molecule has 0 heterocycles. The summed E-state index contributed by atoms with van der Waals surface area (Å²) in [4.78, 5) is 0. The second kappa shape index (κ2) is 59.3. The van der Waals surface area contributed by atoms with E-state index in [9.17, 15) is 0 Å². The lowest BCUT2D eigenvalue weighted by molar-refractivity contribution is 0.514. The molecule has 0 spiro atoms. The quantitative estimate of drug-likeness (QED) is 0.0739. The lowest BCUT2D eigenvalue weighted by atomic mass is 10.0. The highest BCUT2D eigenvalue weighted by Gasteiger charge is 1.95. The van der Waals surface area contributed by atoms with Crippen LogP contribution >= 0.6 is 0 Å². The molecule has 0 fully saturated rings. The van der Waals surface area contributed by atoms with Gasteiger partial charge in [-0.25, -0.2) is 0 Å². The van der Waals surface area contributed by atoms with Gasteiger partial charge in [0.15, 0.2) is 0 Å². The molecule has 0 aliphatic rings. The molecule has 0 N–H and O–H groups in total. The Labute approximate surface area is 332 Å². The molecule has 0 heteroatoms. The van der Waals surface area contributed by atoms with Gasteiger partial charge >= 0.3 is 0 Å². The first-order valence-electron chi connectivity index (χ1n) is 24.1. The molecule has 0 rings (SSSR count). The smallest absolute Gasteiger partial charge is 0.0471 e. The van der Waals surface area contributed by atoms with Crippen molar-refractivity contribution in [3.63, 3.8) is 0 Å². The van der Waals surface area contributed by atoms with Gasteiger partial charge in [-0.05, 0) is 35.5 Å². The molecule has 0 aromatic carbocycles. The van der Waals surface area contributed by atoms with Crippen molar-refractivity contribution in [2.24, 2.45) is 35.5 Å². The second-order valence-corrected chi connectivity index (χ2v) is 18.4. The molecule has 318 valence electrons. The average molecular weight is 727 g/mol. The third-order valence-corrected chi connectivity index (χ3v) is 9.04. The van der Waals surface area contributed by atoms with Gasteiger partial charge in [-0.3, -0.25) is 0 Å². The largest absolute Gasteiger partial charge is 0.0654 e. The maximum absolute atomic E-state index is 2.31. The van der Waals surface area contributed by atoms with Gasteiger partial charge in [0.1, 0.15) is 0 Å². The molecule has 0 amide bonds. The van der Waals surface area contributed by atoms with E-state index in [0.29, 0.717) is 0 Å². The van der Waals surface area contributed by atoms with Crippen molar-refractivity contribution >= 4 is 0 Å². The molecular formula is C51H114. The summed E-state index contributed by atoms with van der Waals surface area (Å²) in [6.45, 7) is 41.0. The first kappa shape index (κ1) is 63.0. The summed E-state index contributed by atoms with van der Waals surface area (Å²) < 4.78 is 0. The fourth-order valence-corrected chi connectivity index (χ4v) is 5.46. The van der Waals surface area contributed by atoms with Crippen molar-refractivity contribution in [3.8, 4) is 0 Å². The lowest BCUT2D eigenvalue weighted by Crippen LogP contribution is -1.86. The van der Waals surface area contributed by atoms with E-state index in [1.165, 1.54) is 173 Å². The van der Waals surface area contributed by atoms with Gasteiger partial charge in [0.25, 0.3) is 0 Å². The maximum atomic E-state index is 2.31. The van der Waals surface area contributed by atoms with Gasteiger partial charge in [0.05, 0.1) is 0 Å². The Bertz CT molecular complexity index is 482. The van der Waals surface area contributed by atoms with Crippen LogP contribution in [0.5, 0.6) is 0 Å². The van der Waals surface area contributed by atoms with E-state index in [0.717, 1.165) is 35.5 Å². The summed E-state index contributed by atoms with van der Waals surface area (Å²) in [6, 6.07) is 0. The molecule has 0 radical (unpaired) electrons. The average Bonchev–Trinajstić information content (AvgIpc) is 3.05. The molecular weight excluding hydrogens is 613 g/mol. The minimum atomic E-state index is 0.898. The van der Waals surface area contributed by atoms with Crippen molar-refractivity contribution in [1.29, 1.82) is 0 Å². The summed E-state index contributed by atoms with van der Waals surface area (Å²) in [5.74, 6) is 5.42. The molecule has 0 saturated heterocycles. The van der Waals surface area contributed by atoms with Crippen molar-refractivity contribution in [1.82, 2.24) is 0 Å². The fraction of sp³-hybridized carbons (Fsp3) is 1.00. The van der Waals surface area contributed by atoms with Gasteiger partial charge in [-0.1, -0.05) is 298 Å². The lowest BCUT2D eigenvalue weighted by Gasteiger charge is -2.03. The normalized spacial score (nSPS) is 10.6. The molecule has 0 aromatic rings. The van der Waals surface area contributed by atoms with E-state index < -0.39 is 0 Å². The molecule has 0 bridgehead atoms. The van der Waals surface area contributed by atoms with Crippen molar-refractivity contribution in [2.45, 2.75) is 298 Å². The topological polar surface area (TPSA) is 0 Å². The molecule has 0 aromatic heterocycles. The summed E-state index contributed by atoms with van der Waals surface area (Å²) in [5, 5.41) is 0. The Morgan fingerprint density at radius 1 is 0.176 bits per heavy atom. The van der Waals surface area contributed by atoms with E-state index in [1.807, 2.05) is 0 Å². The molecule has 0 unspecified atom stereocenters. The Balaban J connectivity index is -0.000000120. The van der Waals surface area contributed by atoms with Crippen molar-refractivity contribution < 1.29 is 0 Å². The van der Waals surface area contributed by atoms with Crippen LogP contribution in [-0.4, -0.2) is 0 Å². The van der Waals surface area contributed by atoms with E-state index in [-0.39, 0.29) is 0 Å².